The summed E-state index contributed by atoms with van der Waals surface area (Å²) < 4.78 is 11.3. The Balaban J connectivity index is 1.78. The van der Waals surface area contributed by atoms with Crippen molar-refractivity contribution in [2.75, 3.05) is 11.9 Å². The van der Waals surface area contributed by atoms with Crippen molar-refractivity contribution < 1.29 is 14.3 Å². The molecule has 1 unspecified atom stereocenters. The molecule has 6 heteroatoms. The van der Waals surface area contributed by atoms with Crippen molar-refractivity contribution in [1.82, 2.24) is 5.32 Å². The van der Waals surface area contributed by atoms with Gasteiger partial charge in [0.15, 0.2) is 5.11 Å². The summed E-state index contributed by atoms with van der Waals surface area (Å²) in [5.41, 5.74) is 4.22. The summed E-state index contributed by atoms with van der Waals surface area (Å²) in [6, 6.07) is 11.7. The predicted molar refractivity (Wildman–Crippen MR) is 120 cm³/mol. The summed E-state index contributed by atoms with van der Waals surface area (Å²) in [5, 5.41) is 7.16. The van der Waals surface area contributed by atoms with E-state index < -0.39 is 0 Å². The van der Waals surface area contributed by atoms with Gasteiger partial charge >= 0.3 is 5.97 Å². The van der Waals surface area contributed by atoms with E-state index in [1.165, 1.54) is 0 Å². The molecule has 0 bridgehead atoms. The fourth-order valence-electron chi connectivity index (χ4n) is 3.50. The number of rotatable bonds is 4. The Bertz CT molecular complexity index is 940. The quantitative estimate of drug-likeness (QED) is 0.540. The lowest BCUT2D eigenvalue weighted by Gasteiger charge is -2.38. The van der Waals surface area contributed by atoms with E-state index in [1.807, 2.05) is 13.0 Å². The maximum Gasteiger partial charge on any atom is 0.338 e. The van der Waals surface area contributed by atoms with Crippen molar-refractivity contribution in [2.24, 2.45) is 0 Å². The molecule has 0 radical (unpaired) electrons. The predicted octanol–water partition coefficient (Wildman–Crippen LogP) is 5.07. The first kappa shape index (κ1) is 21.1. The lowest BCUT2D eigenvalue weighted by atomic mass is 9.89. The van der Waals surface area contributed by atoms with E-state index in [9.17, 15) is 4.79 Å². The van der Waals surface area contributed by atoms with E-state index in [-0.39, 0.29) is 17.6 Å². The van der Waals surface area contributed by atoms with Crippen LogP contribution in [0.25, 0.3) is 0 Å². The Labute approximate surface area is 177 Å². The molecule has 154 valence electrons. The Morgan fingerprint density at radius 3 is 2.72 bits per heavy atom. The van der Waals surface area contributed by atoms with Crippen LogP contribution in [-0.4, -0.2) is 23.3 Å². The molecule has 29 heavy (non-hydrogen) atoms. The second-order valence-corrected chi connectivity index (χ2v) is 8.42. The van der Waals surface area contributed by atoms with Crippen LogP contribution in [0.4, 0.5) is 5.69 Å². The number of anilines is 1. The lowest BCUT2D eigenvalue weighted by Crippen LogP contribution is -2.42. The fraction of sp³-hybridized carbons (Fsp3) is 0.391. The van der Waals surface area contributed by atoms with Crippen LogP contribution < -0.4 is 15.4 Å². The van der Waals surface area contributed by atoms with Gasteiger partial charge in [-0.05, 0) is 76.2 Å². The van der Waals surface area contributed by atoms with Crippen LogP contribution in [0.15, 0.2) is 36.4 Å². The van der Waals surface area contributed by atoms with E-state index in [0.717, 1.165) is 34.5 Å². The van der Waals surface area contributed by atoms with Crippen LogP contribution in [-0.2, 0) is 4.74 Å². The van der Waals surface area contributed by atoms with Crippen molar-refractivity contribution in [3.63, 3.8) is 0 Å². The summed E-state index contributed by atoms with van der Waals surface area (Å²) in [5.74, 6) is 0.548. The standard InChI is InChI=1S/C23H28N2O3S/c1-6-27-21(26)16-9-8-15(3)18(12-16)24-22(29)25-19-13-23(4,5)28-20-11-14(2)7-10-17(19)20/h7-12,19H,6,13H2,1-5H3,(H2,24,25,29). The van der Waals surface area contributed by atoms with Gasteiger partial charge in [-0.3, -0.25) is 0 Å². The number of esters is 1. The molecule has 2 aromatic rings. The minimum atomic E-state index is -0.343. The molecule has 0 saturated heterocycles. The summed E-state index contributed by atoms with van der Waals surface area (Å²) >= 11 is 5.59. The monoisotopic (exact) mass is 412 g/mol. The number of ether oxygens (including phenoxy) is 2. The maximum atomic E-state index is 12.0. The van der Waals surface area contributed by atoms with E-state index >= 15 is 0 Å². The first-order chi connectivity index (χ1) is 13.7. The Kier molecular flexibility index (Phi) is 6.13. The topological polar surface area (TPSA) is 59.6 Å². The third-order valence-electron chi connectivity index (χ3n) is 4.93. The number of nitrogens with one attached hydrogen (secondary N) is 2. The fourth-order valence-corrected chi connectivity index (χ4v) is 3.75. The normalized spacial score (nSPS) is 16.9. The molecule has 0 aliphatic carbocycles. The molecule has 0 amide bonds. The number of fused-ring (bicyclic) bond motifs is 1. The molecule has 1 aliphatic rings. The van der Waals surface area contributed by atoms with Gasteiger partial charge in [-0.2, -0.15) is 0 Å². The van der Waals surface area contributed by atoms with Gasteiger partial charge < -0.3 is 20.1 Å². The Morgan fingerprint density at radius 1 is 1.24 bits per heavy atom. The van der Waals surface area contributed by atoms with E-state index in [0.29, 0.717) is 17.3 Å². The molecule has 2 aromatic carbocycles. The zero-order chi connectivity index (χ0) is 21.2. The van der Waals surface area contributed by atoms with Gasteiger partial charge in [0, 0.05) is 17.7 Å². The SMILES string of the molecule is CCOC(=O)c1ccc(C)c(NC(=S)NC2CC(C)(C)Oc3cc(C)ccc32)c1. The van der Waals surface area contributed by atoms with E-state index in [2.05, 4.69) is 49.6 Å². The molecule has 0 saturated carbocycles. The molecule has 5 nitrogen and oxygen atoms in total. The number of hydrogen-bond donors (Lipinski definition) is 2. The summed E-state index contributed by atoms with van der Waals surface area (Å²) in [4.78, 5) is 12.0. The minimum Gasteiger partial charge on any atom is -0.487 e. The van der Waals surface area contributed by atoms with Gasteiger partial charge in [0.2, 0.25) is 0 Å². The van der Waals surface area contributed by atoms with Crippen LogP contribution in [0.1, 0.15) is 60.3 Å². The molecule has 3 rings (SSSR count). The third kappa shape index (κ3) is 5.07. The average Bonchev–Trinajstić information content (AvgIpc) is 2.62. The number of thiocarbonyl (C=S) groups is 1. The highest BCUT2D eigenvalue weighted by Gasteiger charge is 2.34. The summed E-state index contributed by atoms with van der Waals surface area (Å²) in [6.45, 7) is 10.3. The van der Waals surface area contributed by atoms with Gasteiger partial charge in [0.1, 0.15) is 11.4 Å². The van der Waals surface area contributed by atoms with Crippen molar-refractivity contribution in [3.8, 4) is 5.75 Å². The van der Waals surface area contributed by atoms with Gasteiger partial charge in [-0.25, -0.2) is 4.79 Å². The second-order valence-electron chi connectivity index (χ2n) is 8.01. The molecule has 1 atom stereocenters. The van der Waals surface area contributed by atoms with Crippen LogP contribution in [0, 0.1) is 13.8 Å². The van der Waals surface area contributed by atoms with Gasteiger partial charge in [-0.15, -0.1) is 0 Å². The molecular weight excluding hydrogens is 384 g/mol. The zero-order valence-corrected chi connectivity index (χ0v) is 18.4. The molecule has 0 aromatic heterocycles. The number of hydrogen-bond acceptors (Lipinski definition) is 4. The summed E-state index contributed by atoms with van der Waals surface area (Å²) in [6.07, 6.45) is 0.784. The minimum absolute atomic E-state index is 0.0305. The highest BCUT2D eigenvalue weighted by Crippen LogP contribution is 2.40. The van der Waals surface area contributed by atoms with Crippen LogP contribution in [0.3, 0.4) is 0 Å². The highest BCUT2D eigenvalue weighted by atomic mass is 32.1. The summed E-state index contributed by atoms with van der Waals surface area (Å²) in [7, 11) is 0. The van der Waals surface area contributed by atoms with Crippen molar-refractivity contribution >= 4 is 29.0 Å². The highest BCUT2D eigenvalue weighted by molar-refractivity contribution is 7.80. The molecule has 0 fully saturated rings. The van der Waals surface area contributed by atoms with E-state index in [1.54, 1.807) is 19.1 Å². The number of benzene rings is 2. The zero-order valence-electron chi connectivity index (χ0n) is 17.6. The van der Waals surface area contributed by atoms with Crippen LogP contribution in [0.2, 0.25) is 0 Å². The Hall–Kier alpha value is -2.60. The van der Waals surface area contributed by atoms with E-state index in [4.69, 9.17) is 21.7 Å². The largest absolute Gasteiger partial charge is 0.487 e. The molecule has 1 aliphatic heterocycles. The Morgan fingerprint density at radius 2 is 2.00 bits per heavy atom. The molecular formula is C23H28N2O3S. The number of carbonyl (C=O) groups is 1. The number of carbonyl (C=O) groups excluding carboxylic acids is 1. The third-order valence-corrected chi connectivity index (χ3v) is 5.15. The van der Waals surface area contributed by atoms with Crippen LogP contribution >= 0.6 is 12.2 Å². The first-order valence-electron chi connectivity index (χ1n) is 9.83. The van der Waals surface area contributed by atoms with Gasteiger partial charge in [-0.1, -0.05) is 18.2 Å². The molecule has 2 N–H and O–H groups in total. The van der Waals surface area contributed by atoms with Crippen molar-refractivity contribution in [1.29, 1.82) is 0 Å². The smallest absolute Gasteiger partial charge is 0.338 e. The van der Waals surface area contributed by atoms with Crippen molar-refractivity contribution in [2.45, 2.75) is 52.7 Å². The second kappa shape index (κ2) is 8.41. The lowest BCUT2D eigenvalue weighted by molar-refractivity contribution is 0.0526. The molecule has 0 spiro atoms. The maximum absolute atomic E-state index is 12.0. The van der Waals surface area contributed by atoms with Crippen LogP contribution in [0.5, 0.6) is 5.75 Å². The number of aryl methyl sites for hydroxylation is 2. The first-order valence-corrected chi connectivity index (χ1v) is 10.2. The average molecular weight is 413 g/mol. The van der Waals surface area contributed by atoms with Gasteiger partial charge in [0.25, 0.3) is 0 Å². The molecule has 1 heterocycles. The van der Waals surface area contributed by atoms with Gasteiger partial charge in [0.05, 0.1) is 18.2 Å². The van der Waals surface area contributed by atoms with Crippen molar-refractivity contribution in [3.05, 3.63) is 58.7 Å².